The van der Waals surface area contributed by atoms with Gasteiger partial charge in [-0.25, -0.2) is 0 Å². The standard InChI is InChI=1S/C37H63N2/c1-3-5-7-9-11-12-13-14-15-16-17-18-19-21-26-30-36(37-38-31-32-39-37)35(29-25-20-10-8-6-4-2)33-34-27-23-22-24-28-34/h22-24,27-28,31-32,35-36H,3-21,25-26,29-30,33H2,1-2H3/q+1. The summed E-state index contributed by atoms with van der Waals surface area (Å²) < 4.78 is 0. The molecule has 0 N–H and O–H groups in total. The Labute approximate surface area is 244 Å². The van der Waals surface area contributed by atoms with Crippen molar-refractivity contribution in [2.75, 3.05) is 0 Å². The van der Waals surface area contributed by atoms with Gasteiger partial charge in [0.1, 0.15) is 0 Å². The third-order valence-corrected chi connectivity index (χ3v) is 8.77. The van der Waals surface area contributed by atoms with Crippen LogP contribution >= 0.6 is 0 Å². The maximum absolute atomic E-state index is 4.73. The summed E-state index contributed by atoms with van der Waals surface area (Å²) in [7, 11) is 0. The normalized spacial score (nSPS) is 14.4. The van der Waals surface area contributed by atoms with Crippen molar-refractivity contribution in [3.05, 3.63) is 42.1 Å². The Morgan fingerprint density at radius 2 is 0.923 bits per heavy atom. The lowest BCUT2D eigenvalue weighted by atomic mass is 9.78. The molecule has 2 rings (SSSR count). The SMILES string of the molecule is CCCCCCCCCCCCCCCCCC([C+]1N=CC=N1)C(CCCCCCCC)Cc1ccccc1. The number of unbranched alkanes of at least 4 members (excludes halogenated alkanes) is 19. The number of hydrogen-bond donors (Lipinski definition) is 0. The molecule has 2 nitrogen and oxygen atoms in total. The van der Waals surface area contributed by atoms with Crippen molar-refractivity contribution >= 4 is 12.4 Å². The first-order valence-corrected chi connectivity index (χ1v) is 17.3. The van der Waals surface area contributed by atoms with Crippen LogP contribution in [0.15, 0.2) is 40.3 Å². The van der Waals surface area contributed by atoms with Crippen molar-refractivity contribution in [2.24, 2.45) is 21.8 Å². The van der Waals surface area contributed by atoms with Crippen LogP contribution in [0.1, 0.15) is 167 Å². The molecular formula is C37H63N2+. The molecule has 1 aliphatic rings. The van der Waals surface area contributed by atoms with Crippen molar-refractivity contribution in [3.8, 4) is 0 Å². The van der Waals surface area contributed by atoms with E-state index < -0.39 is 0 Å². The number of nitrogens with zero attached hydrogens (tertiary/aromatic N) is 2. The van der Waals surface area contributed by atoms with E-state index in [1.54, 1.807) is 0 Å². The zero-order chi connectivity index (χ0) is 27.6. The first-order valence-electron chi connectivity index (χ1n) is 17.3. The third-order valence-electron chi connectivity index (χ3n) is 8.77. The molecule has 220 valence electrons. The van der Waals surface area contributed by atoms with E-state index in [9.17, 15) is 0 Å². The third kappa shape index (κ3) is 17.0. The zero-order valence-corrected chi connectivity index (χ0v) is 26.1. The van der Waals surface area contributed by atoms with Crippen LogP contribution in [0.5, 0.6) is 0 Å². The minimum Gasteiger partial charge on any atom is -0.0965 e. The Bertz CT molecular complexity index is 697. The Kier molecular flexibility index (Phi) is 20.9. The Balaban J connectivity index is 1.67. The van der Waals surface area contributed by atoms with Gasteiger partial charge in [-0.3, -0.25) is 0 Å². The molecule has 0 aromatic heterocycles. The van der Waals surface area contributed by atoms with Gasteiger partial charge in [0.05, 0.1) is 5.92 Å². The van der Waals surface area contributed by atoms with Crippen LogP contribution in [-0.2, 0) is 6.42 Å². The van der Waals surface area contributed by atoms with Crippen LogP contribution < -0.4 is 0 Å². The highest BCUT2D eigenvalue weighted by Crippen LogP contribution is 2.37. The van der Waals surface area contributed by atoms with Gasteiger partial charge in [0, 0.05) is 0 Å². The van der Waals surface area contributed by atoms with E-state index >= 15 is 0 Å². The van der Waals surface area contributed by atoms with E-state index in [0.717, 1.165) is 12.6 Å². The molecule has 1 aliphatic heterocycles. The van der Waals surface area contributed by atoms with E-state index in [1.807, 2.05) is 12.4 Å². The van der Waals surface area contributed by atoms with E-state index in [2.05, 4.69) is 44.2 Å². The topological polar surface area (TPSA) is 24.7 Å². The van der Waals surface area contributed by atoms with Crippen molar-refractivity contribution in [1.82, 2.24) is 0 Å². The van der Waals surface area contributed by atoms with Gasteiger partial charge in [-0.15, -0.1) is 0 Å². The van der Waals surface area contributed by atoms with Crippen LogP contribution in [0.25, 0.3) is 0 Å². The number of benzene rings is 1. The predicted octanol–water partition coefficient (Wildman–Crippen LogP) is 12.1. The van der Waals surface area contributed by atoms with Crippen molar-refractivity contribution in [2.45, 2.75) is 168 Å². The smallest absolute Gasteiger partial charge is 0.0965 e. The quantitative estimate of drug-likeness (QED) is 0.0790. The first kappa shape index (κ1) is 33.6. The first-order chi connectivity index (χ1) is 19.3. The minimum absolute atomic E-state index is 0.498. The molecule has 39 heavy (non-hydrogen) atoms. The largest absolute Gasteiger partial charge is 0.244 e. The summed E-state index contributed by atoms with van der Waals surface area (Å²) in [6, 6.07) is 11.1. The van der Waals surface area contributed by atoms with Gasteiger partial charge in [-0.05, 0) is 30.7 Å². The lowest BCUT2D eigenvalue weighted by Gasteiger charge is -2.26. The molecule has 0 fully saturated rings. The molecular weight excluding hydrogens is 472 g/mol. The molecule has 0 radical (unpaired) electrons. The summed E-state index contributed by atoms with van der Waals surface area (Å²) >= 11 is 0. The fraction of sp³-hybridized carbons (Fsp3) is 0.757. The molecule has 2 unspecified atom stereocenters. The van der Waals surface area contributed by atoms with E-state index in [1.165, 1.54) is 153 Å². The van der Waals surface area contributed by atoms with Crippen molar-refractivity contribution < 1.29 is 0 Å². The number of aliphatic imine (C=N–C) groups is 2. The second-order valence-electron chi connectivity index (χ2n) is 12.3. The molecule has 0 bridgehead atoms. The van der Waals surface area contributed by atoms with Crippen molar-refractivity contribution in [1.29, 1.82) is 0 Å². The maximum atomic E-state index is 4.73. The predicted molar refractivity (Wildman–Crippen MR) is 175 cm³/mol. The molecule has 1 heterocycles. The summed E-state index contributed by atoms with van der Waals surface area (Å²) in [5.41, 5.74) is 1.47. The highest BCUT2D eigenvalue weighted by molar-refractivity contribution is 6.18. The van der Waals surface area contributed by atoms with Gasteiger partial charge in [-0.2, -0.15) is 0 Å². The Hall–Kier alpha value is -1.57. The second-order valence-corrected chi connectivity index (χ2v) is 12.3. The molecule has 1 aromatic rings. The maximum Gasteiger partial charge on any atom is 0.244 e. The van der Waals surface area contributed by atoms with Gasteiger partial charge in [0.15, 0.2) is 12.4 Å². The molecule has 0 saturated heterocycles. The molecule has 0 aliphatic carbocycles. The Morgan fingerprint density at radius 3 is 1.38 bits per heavy atom. The minimum atomic E-state index is 0.498. The highest BCUT2D eigenvalue weighted by atomic mass is 15.0. The van der Waals surface area contributed by atoms with Gasteiger partial charge < -0.3 is 0 Å². The van der Waals surface area contributed by atoms with Crippen LogP contribution in [-0.4, -0.2) is 12.4 Å². The summed E-state index contributed by atoms with van der Waals surface area (Å²) in [4.78, 5) is 9.45. The lowest BCUT2D eigenvalue weighted by Crippen LogP contribution is -2.22. The van der Waals surface area contributed by atoms with Crippen LogP contribution in [0.2, 0.25) is 0 Å². The van der Waals surface area contributed by atoms with E-state index in [0.29, 0.717) is 11.8 Å². The Morgan fingerprint density at radius 1 is 0.513 bits per heavy atom. The van der Waals surface area contributed by atoms with Gasteiger partial charge in [0.25, 0.3) is 0 Å². The van der Waals surface area contributed by atoms with Gasteiger partial charge >= 0.3 is 0 Å². The molecule has 0 spiro atoms. The zero-order valence-electron chi connectivity index (χ0n) is 26.1. The summed E-state index contributed by atoms with van der Waals surface area (Å²) in [6.07, 6.45) is 38.2. The van der Waals surface area contributed by atoms with Crippen LogP contribution in [0.3, 0.4) is 0 Å². The molecule has 0 amide bonds. The monoisotopic (exact) mass is 535 g/mol. The van der Waals surface area contributed by atoms with Gasteiger partial charge in [0.2, 0.25) is 6.17 Å². The fourth-order valence-corrected chi connectivity index (χ4v) is 6.30. The van der Waals surface area contributed by atoms with Crippen LogP contribution in [0, 0.1) is 18.0 Å². The van der Waals surface area contributed by atoms with E-state index in [-0.39, 0.29) is 0 Å². The average molecular weight is 536 g/mol. The molecule has 2 heteroatoms. The molecule has 1 aromatic carbocycles. The fourth-order valence-electron chi connectivity index (χ4n) is 6.30. The molecule has 2 atom stereocenters. The number of rotatable bonds is 27. The second kappa shape index (κ2) is 24.2. The summed E-state index contributed by atoms with van der Waals surface area (Å²) in [5, 5.41) is 0. The average Bonchev–Trinajstić information content (AvgIpc) is 3.49. The molecule has 0 saturated carbocycles. The summed E-state index contributed by atoms with van der Waals surface area (Å²) in [5.74, 6) is 1.14. The summed E-state index contributed by atoms with van der Waals surface area (Å²) in [6.45, 7) is 4.61. The number of hydrogen-bond acceptors (Lipinski definition) is 2. The van der Waals surface area contributed by atoms with Crippen LogP contribution in [0.4, 0.5) is 0 Å². The lowest BCUT2D eigenvalue weighted by molar-refractivity contribution is 0.284. The van der Waals surface area contributed by atoms with Crippen molar-refractivity contribution in [3.63, 3.8) is 0 Å². The van der Waals surface area contributed by atoms with E-state index in [4.69, 9.17) is 9.98 Å². The van der Waals surface area contributed by atoms with Gasteiger partial charge in [-0.1, -0.05) is 189 Å². The highest BCUT2D eigenvalue weighted by Gasteiger charge is 2.35.